The maximum absolute atomic E-state index is 12.7. The molecule has 1 saturated heterocycles. The molecule has 1 fully saturated rings. The van der Waals surface area contributed by atoms with E-state index in [1.54, 1.807) is 13.0 Å². The number of fused-ring (bicyclic) bond motifs is 1. The van der Waals surface area contributed by atoms with Crippen molar-refractivity contribution in [3.05, 3.63) is 17.2 Å². The summed E-state index contributed by atoms with van der Waals surface area (Å²) < 4.78 is 32.8. The van der Waals surface area contributed by atoms with Gasteiger partial charge in [0.2, 0.25) is 10.0 Å². The number of aliphatic hydroxyl groups is 1. The number of piperidine rings is 1. The maximum atomic E-state index is 12.7. The van der Waals surface area contributed by atoms with Crippen molar-refractivity contribution in [1.29, 1.82) is 0 Å². The molecule has 8 nitrogen and oxygen atoms in total. The number of hydrogen-bond donors (Lipinski definition) is 2. The zero-order valence-corrected chi connectivity index (χ0v) is 15.3. The topological polar surface area (TPSA) is 109 Å². The van der Waals surface area contributed by atoms with E-state index < -0.39 is 10.0 Å². The van der Waals surface area contributed by atoms with Crippen LogP contribution in [0.5, 0.6) is 0 Å². The minimum Gasteiger partial charge on any atom is -0.392 e. The molecule has 0 amide bonds. The molecular weight excluding hydrogens is 344 g/mol. The fourth-order valence-corrected chi connectivity index (χ4v) is 4.83. The zero-order valence-electron chi connectivity index (χ0n) is 14.5. The van der Waals surface area contributed by atoms with Crippen molar-refractivity contribution in [1.82, 2.24) is 19.9 Å². The maximum Gasteiger partial charge on any atom is 0.243 e. The molecule has 1 aliphatic heterocycles. The van der Waals surface area contributed by atoms with Crippen LogP contribution in [0.15, 0.2) is 15.6 Å². The highest BCUT2D eigenvalue weighted by Crippen LogP contribution is 2.26. The van der Waals surface area contributed by atoms with Crippen molar-refractivity contribution in [3.8, 4) is 0 Å². The second-order valence-electron chi connectivity index (χ2n) is 6.65. The first-order valence-corrected chi connectivity index (χ1v) is 9.99. The second kappa shape index (κ2) is 7.36. The van der Waals surface area contributed by atoms with E-state index in [1.807, 2.05) is 6.92 Å². The quantitative estimate of drug-likeness (QED) is 0.731. The molecule has 25 heavy (non-hydrogen) atoms. The highest BCUT2D eigenvalue weighted by molar-refractivity contribution is 7.89. The number of benzene rings is 1. The van der Waals surface area contributed by atoms with Gasteiger partial charge in [-0.05, 0) is 67.6 Å². The van der Waals surface area contributed by atoms with Crippen molar-refractivity contribution in [3.63, 3.8) is 0 Å². The Morgan fingerprint density at radius 2 is 2.08 bits per heavy atom. The van der Waals surface area contributed by atoms with Crippen molar-refractivity contribution >= 4 is 21.1 Å². The van der Waals surface area contributed by atoms with Gasteiger partial charge in [-0.2, -0.15) is 0 Å². The highest BCUT2D eigenvalue weighted by atomic mass is 32.2. The predicted molar refractivity (Wildman–Crippen MR) is 92.8 cm³/mol. The summed E-state index contributed by atoms with van der Waals surface area (Å²) in [6.45, 7) is 6.28. The molecule has 0 aliphatic carbocycles. The average molecular weight is 368 g/mol. The van der Waals surface area contributed by atoms with Crippen LogP contribution in [0.25, 0.3) is 11.0 Å². The Balaban J connectivity index is 1.65. The normalized spacial score (nSPS) is 19.6. The van der Waals surface area contributed by atoms with Gasteiger partial charge in [0.05, 0.1) is 6.10 Å². The smallest absolute Gasteiger partial charge is 0.243 e. The summed E-state index contributed by atoms with van der Waals surface area (Å²) in [5, 5.41) is 17.2. The molecule has 2 N–H and O–H groups in total. The molecule has 0 bridgehead atoms. The van der Waals surface area contributed by atoms with Crippen LogP contribution in [0, 0.1) is 13.8 Å². The van der Waals surface area contributed by atoms with Gasteiger partial charge in [-0.25, -0.2) is 17.8 Å². The lowest BCUT2D eigenvalue weighted by atomic mass is 10.1. The van der Waals surface area contributed by atoms with Crippen LogP contribution in [-0.2, 0) is 10.0 Å². The van der Waals surface area contributed by atoms with Gasteiger partial charge in [-0.1, -0.05) is 6.07 Å². The Hall–Kier alpha value is -1.55. The molecule has 1 aromatic heterocycles. The van der Waals surface area contributed by atoms with Gasteiger partial charge < -0.3 is 10.0 Å². The Labute approximate surface area is 147 Å². The molecule has 0 saturated carbocycles. The van der Waals surface area contributed by atoms with Gasteiger partial charge in [-0.15, -0.1) is 0 Å². The molecule has 1 atom stereocenters. The molecular formula is C16H24N4O4S. The number of rotatable bonds is 6. The van der Waals surface area contributed by atoms with Gasteiger partial charge in [0, 0.05) is 13.1 Å². The number of sulfonamides is 1. The molecule has 2 aromatic rings. The van der Waals surface area contributed by atoms with Gasteiger partial charge in [0.15, 0.2) is 5.52 Å². The van der Waals surface area contributed by atoms with Gasteiger partial charge >= 0.3 is 0 Å². The van der Waals surface area contributed by atoms with E-state index >= 15 is 0 Å². The van der Waals surface area contributed by atoms with Crippen LogP contribution < -0.4 is 4.72 Å². The van der Waals surface area contributed by atoms with Crippen LogP contribution >= 0.6 is 0 Å². The lowest BCUT2D eigenvalue weighted by Crippen LogP contribution is -2.39. The minimum absolute atomic E-state index is 0.128. The van der Waals surface area contributed by atoms with E-state index in [9.17, 15) is 13.5 Å². The number of nitrogens with zero attached hydrogens (tertiary/aromatic N) is 3. The summed E-state index contributed by atoms with van der Waals surface area (Å²) in [6.07, 6.45) is 2.23. The van der Waals surface area contributed by atoms with E-state index in [0.717, 1.165) is 31.5 Å². The Morgan fingerprint density at radius 1 is 1.32 bits per heavy atom. The molecule has 9 heteroatoms. The summed E-state index contributed by atoms with van der Waals surface area (Å²) in [6, 6.07) is 1.77. The van der Waals surface area contributed by atoms with Crippen LogP contribution in [-0.4, -0.2) is 61.0 Å². The number of β-amino-alcohol motifs (C(OH)–C–C–N with tert-alkyl or cyclic N) is 1. The zero-order chi connectivity index (χ0) is 18.0. The van der Waals surface area contributed by atoms with Gasteiger partial charge in [0.1, 0.15) is 10.4 Å². The van der Waals surface area contributed by atoms with E-state index in [2.05, 4.69) is 19.9 Å². The summed E-state index contributed by atoms with van der Waals surface area (Å²) in [5.74, 6) is 0. The minimum atomic E-state index is -3.70. The first-order chi connectivity index (χ1) is 11.9. The summed E-state index contributed by atoms with van der Waals surface area (Å²) in [5.41, 5.74) is 2.18. The van der Waals surface area contributed by atoms with Crippen LogP contribution in [0.3, 0.4) is 0 Å². The molecule has 1 aliphatic rings. The Bertz CT molecular complexity index is 849. The number of hydrogen-bond acceptors (Lipinski definition) is 7. The molecule has 1 aromatic carbocycles. The fourth-order valence-electron chi connectivity index (χ4n) is 3.40. The molecule has 3 rings (SSSR count). The highest BCUT2D eigenvalue weighted by Gasteiger charge is 2.24. The van der Waals surface area contributed by atoms with Crippen molar-refractivity contribution < 1.29 is 18.2 Å². The van der Waals surface area contributed by atoms with E-state index in [-0.39, 0.29) is 16.5 Å². The number of aromatic nitrogens is 2. The number of nitrogens with one attached hydrogen (secondary N) is 1. The number of aryl methyl sites for hydroxylation is 2. The fraction of sp³-hybridized carbons (Fsp3) is 0.625. The number of likely N-dealkylation sites (tertiary alicyclic amines) is 1. The van der Waals surface area contributed by atoms with Gasteiger partial charge in [0.25, 0.3) is 0 Å². The molecule has 0 radical (unpaired) electrons. The van der Waals surface area contributed by atoms with E-state index in [4.69, 9.17) is 4.63 Å². The van der Waals surface area contributed by atoms with Crippen molar-refractivity contribution in [2.75, 3.05) is 26.2 Å². The second-order valence-corrected chi connectivity index (χ2v) is 8.35. The SMILES string of the molecule is Cc1cc(C)c2nonc2c1S(=O)(=O)NCCCN1CCCC(O)C1. The largest absolute Gasteiger partial charge is 0.392 e. The molecule has 0 spiro atoms. The standard InChI is InChI=1S/C16H24N4O4S/c1-11-9-12(2)16(15-14(11)18-24-19-15)25(22,23)17-6-4-8-20-7-3-5-13(21)10-20/h9,13,17,21H,3-8,10H2,1-2H3. The molecule has 138 valence electrons. The Morgan fingerprint density at radius 3 is 2.84 bits per heavy atom. The molecule has 1 unspecified atom stereocenters. The van der Waals surface area contributed by atoms with E-state index in [0.29, 0.717) is 30.6 Å². The monoisotopic (exact) mass is 368 g/mol. The van der Waals surface area contributed by atoms with Crippen LogP contribution in [0.2, 0.25) is 0 Å². The first kappa shape index (κ1) is 18.2. The lowest BCUT2D eigenvalue weighted by molar-refractivity contribution is 0.0704. The predicted octanol–water partition coefficient (Wildman–Crippen LogP) is 0.965. The summed E-state index contributed by atoms with van der Waals surface area (Å²) >= 11 is 0. The van der Waals surface area contributed by atoms with Crippen molar-refractivity contribution in [2.24, 2.45) is 0 Å². The number of aliphatic hydroxyl groups excluding tert-OH is 1. The third kappa shape index (κ3) is 4.00. The Kier molecular flexibility index (Phi) is 5.38. The first-order valence-electron chi connectivity index (χ1n) is 8.51. The summed E-state index contributed by atoms with van der Waals surface area (Å²) in [7, 11) is -3.70. The molecule has 2 heterocycles. The van der Waals surface area contributed by atoms with Gasteiger partial charge in [-0.3, -0.25) is 0 Å². The summed E-state index contributed by atoms with van der Waals surface area (Å²) in [4.78, 5) is 2.29. The van der Waals surface area contributed by atoms with Crippen LogP contribution in [0.4, 0.5) is 0 Å². The lowest BCUT2D eigenvalue weighted by Gasteiger charge is -2.29. The van der Waals surface area contributed by atoms with Crippen molar-refractivity contribution in [2.45, 2.75) is 44.1 Å². The third-order valence-electron chi connectivity index (χ3n) is 4.56. The van der Waals surface area contributed by atoms with E-state index in [1.165, 1.54) is 0 Å². The average Bonchev–Trinajstić information content (AvgIpc) is 3.01. The van der Waals surface area contributed by atoms with Crippen LogP contribution in [0.1, 0.15) is 30.4 Å². The third-order valence-corrected chi connectivity index (χ3v) is 6.20.